The van der Waals surface area contributed by atoms with E-state index in [1.54, 1.807) is 0 Å². The fourth-order valence-electron chi connectivity index (χ4n) is 1.29. The van der Waals surface area contributed by atoms with Crippen LogP contribution in [0.3, 0.4) is 0 Å². The van der Waals surface area contributed by atoms with Crippen molar-refractivity contribution in [2.75, 3.05) is 5.75 Å². The second kappa shape index (κ2) is 5.83. The van der Waals surface area contributed by atoms with Gasteiger partial charge in [0, 0.05) is 11.8 Å². The quantitative estimate of drug-likeness (QED) is 0.648. The third kappa shape index (κ3) is 3.44. The molecule has 0 unspecified atom stereocenters. The summed E-state index contributed by atoms with van der Waals surface area (Å²) in [5, 5.41) is 10.9. The summed E-state index contributed by atoms with van der Waals surface area (Å²) in [4.78, 5) is 29.7. The molecule has 0 saturated heterocycles. The molecule has 0 fully saturated rings. The topological polar surface area (TPSA) is 83.0 Å². The number of carbonyl (C=O) groups is 1. The monoisotopic (exact) mass is 282 g/mol. The molecule has 0 aliphatic carbocycles. The van der Waals surface area contributed by atoms with E-state index in [0.717, 1.165) is 4.88 Å². The summed E-state index contributed by atoms with van der Waals surface area (Å²) in [6, 6.07) is 5.21. The van der Waals surface area contributed by atoms with E-state index in [1.165, 1.54) is 29.2 Å². The van der Waals surface area contributed by atoms with Crippen molar-refractivity contribution in [2.24, 2.45) is 0 Å². The molecule has 2 aromatic heterocycles. The molecule has 0 aromatic carbocycles. The highest BCUT2D eigenvalue weighted by molar-refractivity contribution is 7.99. The van der Waals surface area contributed by atoms with Crippen LogP contribution in [0.4, 0.5) is 0 Å². The van der Waals surface area contributed by atoms with Crippen molar-refractivity contribution in [3.63, 3.8) is 0 Å². The minimum Gasteiger partial charge on any atom is -0.481 e. The van der Waals surface area contributed by atoms with E-state index in [-0.39, 0.29) is 12.0 Å². The first-order valence-corrected chi connectivity index (χ1v) is 7.01. The van der Waals surface area contributed by atoms with Crippen LogP contribution in [0.1, 0.15) is 6.42 Å². The Bertz CT molecular complexity index is 593. The molecule has 0 bridgehead atoms. The Labute approximate surface area is 111 Å². The van der Waals surface area contributed by atoms with Gasteiger partial charge in [-0.15, -0.1) is 11.3 Å². The van der Waals surface area contributed by atoms with Crippen LogP contribution in [0.15, 0.2) is 33.5 Å². The first-order chi connectivity index (χ1) is 8.65. The standard InChI is InChI=1S/C11H10N2O3S2/c14-9-6-7(8-2-1-4-17-8)12-11(13-9)18-5-3-10(15)16/h1-2,4,6H,3,5H2,(H,15,16)(H,12,13,14). The summed E-state index contributed by atoms with van der Waals surface area (Å²) in [7, 11) is 0. The summed E-state index contributed by atoms with van der Waals surface area (Å²) in [6.07, 6.45) is 0.0393. The van der Waals surface area contributed by atoms with E-state index in [9.17, 15) is 9.59 Å². The van der Waals surface area contributed by atoms with E-state index in [0.29, 0.717) is 16.6 Å². The zero-order valence-corrected chi connectivity index (χ0v) is 10.9. The summed E-state index contributed by atoms with van der Waals surface area (Å²) in [5.74, 6) is -0.481. The Morgan fingerprint density at radius 3 is 3.06 bits per heavy atom. The van der Waals surface area contributed by atoms with Crippen LogP contribution in [0.25, 0.3) is 10.6 Å². The number of thioether (sulfide) groups is 1. The summed E-state index contributed by atoms with van der Waals surface area (Å²) >= 11 is 2.73. The molecule has 0 spiro atoms. The number of aliphatic carboxylic acids is 1. The van der Waals surface area contributed by atoms with Gasteiger partial charge in [0.15, 0.2) is 5.16 Å². The molecule has 2 N–H and O–H groups in total. The minimum absolute atomic E-state index is 0.0393. The Hall–Kier alpha value is -1.60. The predicted molar refractivity (Wildman–Crippen MR) is 71.1 cm³/mol. The lowest BCUT2D eigenvalue weighted by molar-refractivity contribution is -0.136. The lowest BCUT2D eigenvalue weighted by Gasteiger charge is -2.01. The first-order valence-electron chi connectivity index (χ1n) is 5.15. The van der Waals surface area contributed by atoms with Gasteiger partial charge in [-0.3, -0.25) is 9.59 Å². The van der Waals surface area contributed by atoms with Crippen molar-refractivity contribution >= 4 is 29.1 Å². The Kier molecular flexibility index (Phi) is 4.16. The van der Waals surface area contributed by atoms with E-state index in [2.05, 4.69) is 9.97 Å². The van der Waals surface area contributed by atoms with Gasteiger partial charge in [0.05, 0.1) is 17.0 Å². The highest BCUT2D eigenvalue weighted by Gasteiger charge is 2.06. The third-order valence-electron chi connectivity index (χ3n) is 2.05. The van der Waals surface area contributed by atoms with Crippen LogP contribution >= 0.6 is 23.1 Å². The molecule has 5 nitrogen and oxygen atoms in total. The van der Waals surface area contributed by atoms with Gasteiger partial charge in [0.25, 0.3) is 5.56 Å². The smallest absolute Gasteiger partial charge is 0.304 e. The number of carboxylic acids is 1. The Morgan fingerprint density at radius 1 is 1.56 bits per heavy atom. The summed E-state index contributed by atoms with van der Waals surface area (Å²) in [5.41, 5.74) is 0.387. The fourth-order valence-corrected chi connectivity index (χ4v) is 2.78. The second-order valence-corrected chi connectivity index (χ2v) is 5.44. The lowest BCUT2D eigenvalue weighted by Crippen LogP contribution is -2.08. The van der Waals surface area contributed by atoms with Gasteiger partial charge in [0.1, 0.15) is 0 Å². The maximum Gasteiger partial charge on any atom is 0.304 e. The van der Waals surface area contributed by atoms with E-state index in [4.69, 9.17) is 5.11 Å². The van der Waals surface area contributed by atoms with Crippen molar-refractivity contribution in [1.82, 2.24) is 9.97 Å². The van der Waals surface area contributed by atoms with Gasteiger partial charge in [-0.05, 0) is 11.4 Å². The molecule has 7 heteroatoms. The summed E-state index contributed by atoms with van der Waals surface area (Å²) in [6.45, 7) is 0. The molecule has 0 saturated carbocycles. The van der Waals surface area contributed by atoms with E-state index < -0.39 is 5.97 Å². The maximum absolute atomic E-state index is 11.5. The number of rotatable bonds is 5. The van der Waals surface area contributed by atoms with Gasteiger partial charge in [-0.2, -0.15) is 0 Å². The molecule has 2 aromatic rings. The molecule has 94 valence electrons. The van der Waals surface area contributed by atoms with Crippen LogP contribution in [0.5, 0.6) is 0 Å². The number of nitrogens with one attached hydrogen (secondary N) is 1. The number of carboxylic acid groups (broad SMARTS) is 1. The second-order valence-electron chi connectivity index (χ2n) is 3.41. The Morgan fingerprint density at radius 2 is 2.39 bits per heavy atom. The highest BCUT2D eigenvalue weighted by atomic mass is 32.2. The lowest BCUT2D eigenvalue weighted by atomic mass is 10.3. The number of thiophene rings is 1. The molecular weight excluding hydrogens is 272 g/mol. The Balaban J connectivity index is 2.17. The number of hydrogen-bond acceptors (Lipinski definition) is 5. The fraction of sp³-hybridized carbons (Fsp3) is 0.182. The van der Waals surface area contributed by atoms with Crippen molar-refractivity contribution < 1.29 is 9.90 Å². The minimum atomic E-state index is -0.862. The van der Waals surface area contributed by atoms with Crippen LogP contribution in [0, 0.1) is 0 Å². The van der Waals surface area contributed by atoms with Gasteiger partial charge in [0.2, 0.25) is 0 Å². The molecule has 0 radical (unpaired) electrons. The molecule has 18 heavy (non-hydrogen) atoms. The van der Waals surface area contributed by atoms with Crippen LogP contribution in [0.2, 0.25) is 0 Å². The van der Waals surface area contributed by atoms with E-state index in [1.807, 2.05) is 17.5 Å². The first kappa shape index (κ1) is 12.8. The number of hydrogen-bond donors (Lipinski definition) is 2. The third-order valence-corrected chi connectivity index (χ3v) is 3.82. The molecule has 0 aliphatic heterocycles. The number of nitrogens with zero attached hydrogens (tertiary/aromatic N) is 1. The van der Waals surface area contributed by atoms with Crippen molar-refractivity contribution in [2.45, 2.75) is 11.6 Å². The number of aromatic nitrogens is 2. The maximum atomic E-state index is 11.5. The van der Waals surface area contributed by atoms with Gasteiger partial charge < -0.3 is 10.1 Å². The molecule has 0 atom stereocenters. The highest BCUT2D eigenvalue weighted by Crippen LogP contribution is 2.23. The SMILES string of the molecule is O=C(O)CCSc1nc(-c2cccs2)cc(=O)[nH]1. The zero-order valence-electron chi connectivity index (χ0n) is 9.25. The predicted octanol–water partition coefficient (Wildman–Crippen LogP) is 2.07. The van der Waals surface area contributed by atoms with Gasteiger partial charge in [-0.25, -0.2) is 4.98 Å². The van der Waals surface area contributed by atoms with Crippen molar-refractivity contribution in [1.29, 1.82) is 0 Å². The number of aromatic amines is 1. The molecule has 0 aliphatic rings. The molecule has 2 heterocycles. The normalized spacial score (nSPS) is 10.4. The molecule has 2 rings (SSSR count). The van der Waals surface area contributed by atoms with Crippen LogP contribution < -0.4 is 5.56 Å². The van der Waals surface area contributed by atoms with Crippen molar-refractivity contribution in [3.8, 4) is 10.6 Å². The summed E-state index contributed by atoms with van der Waals surface area (Å²) < 4.78 is 0. The average Bonchev–Trinajstić information content (AvgIpc) is 2.81. The molecular formula is C11H10N2O3S2. The van der Waals surface area contributed by atoms with Gasteiger partial charge in [-0.1, -0.05) is 17.8 Å². The van der Waals surface area contributed by atoms with Crippen molar-refractivity contribution in [3.05, 3.63) is 33.9 Å². The average molecular weight is 282 g/mol. The van der Waals surface area contributed by atoms with Gasteiger partial charge >= 0.3 is 5.97 Å². The zero-order chi connectivity index (χ0) is 13.0. The number of H-pyrrole nitrogens is 1. The largest absolute Gasteiger partial charge is 0.481 e. The van der Waals surface area contributed by atoms with Crippen LogP contribution in [-0.4, -0.2) is 26.8 Å². The van der Waals surface area contributed by atoms with Crippen LogP contribution in [-0.2, 0) is 4.79 Å². The van der Waals surface area contributed by atoms with E-state index >= 15 is 0 Å². The molecule has 0 amide bonds.